The monoisotopic (exact) mass is 541 g/mol. The minimum Gasteiger partial charge on any atom is -0.366 e. The van der Waals surface area contributed by atoms with Crippen molar-refractivity contribution in [3.63, 3.8) is 0 Å². The molecule has 6 heteroatoms. The van der Waals surface area contributed by atoms with Gasteiger partial charge in [0, 0.05) is 28.8 Å². The van der Waals surface area contributed by atoms with Crippen molar-refractivity contribution in [3.8, 4) is 0 Å². The summed E-state index contributed by atoms with van der Waals surface area (Å²) in [6.45, 7) is 10.3. The molecule has 1 unspecified atom stereocenters. The Bertz CT molecular complexity index is 1070. The molecule has 1 amide bonds. The van der Waals surface area contributed by atoms with Crippen LogP contribution in [0.2, 0.25) is 5.02 Å². The molecule has 0 spiro atoms. The Morgan fingerprint density at radius 1 is 1.08 bits per heavy atom. The van der Waals surface area contributed by atoms with E-state index in [4.69, 9.17) is 16.6 Å². The summed E-state index contributed by atoms with van der Waals surface area (Å²) < 4.78 is 0. The van der Waals surface area contributed by atoms with Crippen LogP contribution in [-0.2, 0) is 4.79 Å². The van der Waals surface area contributed by atoms with Crippen LogP contribution in [0.3, 0.4) is 0 Å². The van der Waals surface area contributed by atoms with E-state index in [0.29, 0.717) is 12.0 Å². The lowest BCUT2D eigenvalue weighted by Crippen LogP contribution is -2.48. The fraction of sp³-hybridized carbons (Fsp3) is 0.677. The van der Waals surface area contributed by atoms with Crippen molar-refractivity contribution in [2.24, 2.45) is 4.99 Å². The third-order valence-corrected chi connectivity index (χ3v) is 10.2. The largest absolute Gasteiger partial charge is 0.366 e. The lowest BCUT2D eigenvalue weighted by atomic mass is 9.79. The van der Waals surface area contributed by atoms with Crippen LogP contribution in [0.15, 0.2) is 22.0 Å². The maximum absolute atomic E-state index is 13.9. The molecule has 202 valence electrons. The number of carbonyl (C=O) groups is 1. The number of amidine groups is 1. The Balaban J connectivity index is 1.49. The average molecular weight is 542 g/mol. The number of halogens is 1. The molecule has 0 aromatic heterocycles. The molecule has 1 aromatic rings. The molecule has 1 saturated heterocycles. The summed E-state index contributed by atoms with van der Waals surface area (Å²) in [5, 5.41) is 1.67. The van der Waals surface area contributed by atoms with E-state index in [1.165, 1.54) is 49.8 Å². The van der Waals surface area contributed by atoms with Gasteiger partial charge in [0.05, 0.1) is 10.9 Å². The number of hydrogen-bond donors (Lipinski definition) is 0. The van der Waals surface area contributed by atoms with Gasteiger partial charge in [0.2, 0.25) is 0 Å². The Morgan fingerprint density at radius 2 is 1.76 bits per heavy atom. The van der Waals surface area contributed by atoms with Gasteiger partial charge in [-0.1, -0.05) is 64.0 Å². The Kier molecular flexibility index (Phi) is 8.31. The molecule has 4 aliphatic rings. The minimum atomic E-state index is 0.105. The highest BCUT2D eigenvalue weighted by Gasteiger charge is 2.40. The predicted octanol–water partition coefficient (Wildman–Crippen LogP) is 8.78. The van der Waals surface area contributed by atoms with Crippen LogP contribution >= 0.6 is 23.4 Å². The van der Waals surface area contributed by atoms with Gasteiger partial charge >= 0.3 is 0 Å². The highest BCUT2D eigenvalue weighted by atomic mass is 35.5. The summed E-state index contributed by atoms with van der Waals surface area (Å²) in [6, 6.07) is 5.04. The maximum Gasteiger partial charge on any atom is 0.267 e. The molecule has 0 bridgehead atoms. The van der Waals surface area contributed by atoms with E-state index in [1.807, 2.05) is 6.08 Å². The standard InChI is InChI=1S/C31H44ClN3OS/c1-5-16-34-27-19-26(32)22(17-25(27)21(2)20-31(34,3)4)18-28-29(36)35(24-14-10-7-11-15-24)30(37-28)33-23-12-8-6-9-13-23/h17-19,21,23-24H,5-16,20H2,1-4H3/b28-18+,33-30?. The molecule has 2 heterocycles. The maximum atomic E-state index is 13.9. The molecule has 3 fully saturated rings. The summed E-state index contributed by atoms with van der Waals surface area (Å²) in [7, 11) is 0. The molecule has 0 radical (unpaired) electrons. The van der Waals surface area contributed by atoms with Crippen LogP contribution in [0.5, 0.6) is 0 Å². The van der Waals surface area contributed by atoms with E-state index in [9.17, 15) is 4.79 Å². The van der Waals surface area contributed by atoms with Crippen LogP contribution in [-0.4, -0.2) is 40.1 Å². The van der Waals surface area contributed by atoms with E-state index < -0.39 is 0 Å². The number of aliphatic imine (C=N–C) groups is 1. The predicted molar refractivity (Wildman–Crippen MR) is 160 cm³/mol. The molecule has 2 aliphatic heterocycles. The average Bonchev–Trinajstić information content (AvgIpc) is 3.17. The highest BCUT2D eigenvalue weighted by Crippen LogP contribution is 2.46. The Hall–Kier alpha value is -1.46. The summed E-state index contributed by atoms with van der Waals surface area (Å²) >= 11 is 8.52. The topological polar surface area (TPSA) is 35.9 Å². The number of thioether (sulfide) groups is 1. The van der Waals surface area contributed by atoms with Gasteiger partial charge in [-0.05, 0) is 99.4 Å². The van der Waals surface area contributed by atoms with Crippen molar-refractivity contribution in [3.05, 3.63) is 33.2 Å². The number of hydrogen-bond acceptors (Lipinski definition) is 4. The SMILES string of the molecule is CCCN1c2cc(Cl)c(/C=C3/SC(=NC4CCCCC4)N(C4CCCCC4)C3=O)cc2C(C)CC1(C)C. The first-order valence-electron chi connectivity index (χ1n) is 14.7. The van der Waals surface area contributed by atoms with Gasteiger partial charge in [-0.25, -0.2) is 0 Å². The third kappa shape index (κ3) is 5.64. The van der Waals surface area contributed by atoms with Crippen LogP contribution in [0.4, 0.5) is 5.69 Å². The molecule has 1 aromatic carbocycles. The van der Waals surface area contributed by atoms with Gasteiger partial charge in [0.25, 0.3) is 5.91 Å². The number of anilines is 1. The zero-order chi connectivity index (χ0) is 26.2. The van der Waals surface area contributed by atoms with E-state index in [2.05, 4.69) is 49.6 Å². The number of nitrogens with zero attached hydrogens (tertiary/aromatic N) is 3. The number of amides is 1. The van der Waals surface area contributed by atoms with Crippen molar-refractivity contribution in [1.82, 2.24) is 4.90 Å². The number of carbonyl (C=O) groups excluding carboxylic acids is 1. The quantitative estimate of drug-likeness (QED) is 0.349. The molecule has 0 N–H and O–H groups in total. The molecule has 2 saturated carbocycles. The van der Waals surface area contributed by atoms with Gasteiger partial charge in [0.15, 0.2) is 5.17 Å². The molecule has 5 rings (SSSR count). The van der Waals surface area contributed by atoms with Crippen LogP contribution in [0.25, 0.3) is 6.08 Å². The molecular formula is C31H44ClN3OS. The zero-order valence-electron chi connectivity index (χ0n) is 23.2. The zero-order valence-corrected chi connectivity index (χ0v) is 24.8. The number of fused-ring (bicyclic) bond motifs is 1. The van der Waals surface area contributed by atoms with Crippen molar-refractivity contribution >= 4 is 46.2 Å². The molecule has 4 nitrogen and oxygen atoms in total. The lowest BCUT2D eigenvalue weighted by molar-refractivity contribution is -0.124. The smallest absolute Gasteiger partial charge is 0.267 e. The fourth-order valence-corrected chi connectivity index (χ4v) is 8.34. The van der Waals surface area contributed by atoms with Crippen LogP contribution in [0.1, 0.15) is 122 Å². The van der Waals surface area contributed by atoms with Gasteiger partial charge in [-0.15, -0.1) is 0 Å². The third-order valence-electron chi connectivity index (χ3n) is 8.88. The molecule has 1 atom stereocenters. The van der Waals surface area contributed by atoms with Crippen LogP contribution in [0, 0.1) is 0 Å². The Morgan fingerprint density at radius 3 is 2.43 bits per heavy atom. The van der Waals surface area contributed by atoms with E-state index in [1.54, 1.807) is 11.8 Å². The molecular weight excluding hydrogens is 498 g/mol. The summed E-state index contributed by atoms with van der Waals surface area (Å²) in [6.07, 6.45) is 16.2. The second-order valence-corrected chi connectivity index (χ2v) is 13.7. The van der Waals surface area contributed by atoms with E-state index in [-0.39, 0.29) is 17.5 Å². The summed E-state index contributed by atoms with van der Waals surface area (Å²) in [5.74, 6) is 0.573. The molecule has 2 aliphatic carbocycles. The van der Waals surface area contributed by atoms with Gasteiger partial charge in [-0.2, -0.15) is 0 Å². The highest BCUT2D eigenvalue weighted by molar-refractivity contribution is 8.18. The first-order chi connectivity index (χ1) is 17.8. The fourth-order valence-electron chi connectivity index (χ4n) is 7.02. The lowest BCUT2D eigenvalue weighted by Gasteiger charge is -2.47. The first kappa shape index (κ1) is 27.1. The van der Waals surface area contributed by atoms with Crippen molar-refractivity contribution in [1.29, 1.82) is 0 Å². The minimum absolute atomic E-state index is 0.105. The summed E-state index contributed by atoms with van der Waals surface area (Å²) in [4.78, 5) is 24.4. The number of benzene rings is 1. The van der Waals surface area contributed by atoms with E-state index in [0.717, 1.165) is 65.7 Å². The van der Waals surface area contributed by atoms with Crippen LogP contribution < -0.4 is 4.90 Å². The van der Waals surface area contributed by atoms with E-state index >= 15 is 0 Å². The van der Waals surface area contributed by atoms with Gasteiger partial charge < -0.3 is 4.90 Å². The Labute approximate surface area is 233 Å². The number of rotatable bonds is 5. The second kappa shape index (κ2) is 11.3. The first-order valence-corrected chi connectivity index (χ1v) is 15.9. The summed E-state index contributed by atoms with van der Waals surface area (Å²) in [5.41, 5.74) is 3.67. The normalized spacial score (nSPS) is 27.4. The molecule has 37 heavy (non-hydrogen) atoms. The van der Waals surface area contributed by atoms with Gasteiger partial charge in [0.1, 0.15) is 0 Å². The second-order valence-electron chi connectivity index (χ2n) is 12.3. The van der Waals surface area contributed by atoms with Crippen molar-refractivity contribution in [2.45, 2.75) is 128 Å². The van der Waals surface area contributed by atoms with Gasteiger partial charge in [-0.3, -0.25) is 14.7 Å². The van der Waals surface area contributed by atoms with Crippen molar-refractivity contribution in [2.75, 3.05) is 11.4 Å². The van der Waals surface area contributed by atoms with Crippen molar-refractivity contribution < 1.29 is 4.79 Å².